The van der Waals surface area contributed by atoms with E-state index in [0.29, 0.717) is 0 Å². The Bertz CT molecular complexity index is 3420. The maximum Gasteiger partial charge on any atom is 0.364 e. The Morgan fingerprint density at radius 2 is 0.726 bits per heavy atom. The highest BCUT2D eigenvalue weighted by atomic mass is 16.8. The third-order valence-electron chi connectivity index (χ3n) is 21.8. The van der Waals surface area contributed by atoms with Crippen LogP contribution in [0.3, 0.4) is 0 Å². The number of carboxylic acid groups (broad SMARTS) is 1. The van der Waals surface area contributed by atoms with Gasteiger partial charge in [0.2, 0.25) is 35.4 Å². The van der Waals surface area contributed by atoms with Gasteiger partial charge >= 0.3 is 5.97 Å². The fourth-order valence-corrected chi connectivity index (χ4v) is 15.4. The maximum absolute atomic E-state index is 13.3. The van der Waals surface area contributed by atoms with Crippen LogP contribution in [0.5, 0.6) is 0 Å². The number of carboxylic acids is 1. The number of hydrogen-bond donors (Lipinski definition) is 32. The zero-order chi connectivity index (χ0) is 92.3. The number of hydrogen-bond acceptors (Lipinski definition) is 48. The quantitative estimate of drug-likeness (QED) is 0.0273. The summed E-state index contributed by atoms with van der Waals surface area (Å²) in [5.41, 5.74) is 0. The zero-order valence-electron chi connectivity index (χ0n) is 67.2. The Balaban J connectivity index is 1.14. The Morgan fingerprint density at radius 3 is 1.17 bits per heavy atom. The van der Waals surface area contributed by atoms with Crippen LogP contribution in [0.2, 0.25) is 0 Å². The Hall–Kier alpha value is -5.35. The van der Waals surface area contributed by atoms with E-state index in [1.54, 1.807) is 0 Å². The molecule has 0 unspecified atom stereocenters. The van der Waals surface area contributed by atoms with Crippen LogP contribution in [0.25, 0.3) is 0 Å². The second kappa shape index (κ2) is 46.0. The first-order valence-corrected chi connectivity index (χ1v) is 39.1. The van der Waals surface area contributed by atoms with Crippen molar-refractivity contribution in [1.29, 1.82) is 0 Å². The predicted molar refractivity (Wildman–Crippen MR) is 386 cm³/mol. The molecule has 8 saturated heterocycles. The average Bonchev–Trinajstić information content (AvgIpc) is 0.764. The zero-order valence-corrected chi connectivity index (χ0v) is 67.2. The highest BCUT2D eigenvalue weighted by Crippen LogP contribution is 2.41. The monoisotopic (exact) mass is 1810 g/mol. The van der Waals surface area contributed by atoms with E-state index in [9.17, 15) is 166 Å². The molecule has 32 N–H and O–H groups in total. The predicted octanol–water partition coefficient (Wildman–Crippen LogP) is -20.9. The highest BCUT2D eigenvalue weighted by Gasteiger charge is 2.62. The van der Waals surface area contributed by atoms with Crippen molar-refractivity contribution in [3.8, 4) is 0 Å². The molecule has 0 bridgehead atoms. The molecular formula is C69H116N6O49. The molecule has 0 spiro atoms. The average molecular weight is 1810 g/mol. The van der Waals surface area contributed by atoms with Crippen molar-refractivity contribution in [3.63, 3.8) is 0 Å². The molecule has 716 valence electrons. The molecule has 55 heteroatoms. The van der Waals surface area contributed by atoms with Gasteiger partial charge in [-0.25, -0.2) is 4.79 Å². The van der Waals surface area contributed by atoms with Crippen molar-refractivity contribution < 1.29 is 242 Å². The van der Waals surface area contributed by atoms with Crippen LogP contribution in [-0.2, 0) is 109 Å². The van der Waals surface area contributed by atoms with E-state index in [0.717, 1.165) is 41.5 Å². The molecule has 0 radical (unpaired) electrons. The van der Waals surface area contributed by atoms with E-state index in [1.807, 2.05) is 0 Å². The van der Waals surface area contributed by atoms with Gasteiger partial charge in [-0.3, -0.25) is 28.8 Å². The fourth-order valence-electron chi connectivity index (χ4n) is 15.4. The van der Waals surface area contributed by atoms with Gasteiger partial charge in [-0.05, 0) is 0 Å². The summed E-state index contributed by atoms with van der Waals surface area (Å²) in [6.45, 7) is -6.16. The van der Waals surface area contributed by atoms with Crippen LogP contribution >= 0.6 is 0 Å². The van der Waals surface area contributed by atoms with Crippen molar-refractivity contribution in [2.45, 2.75) is 323 Å². The van der Waals surface area contributed by atoms with E-state index in [4.69, 9.17) is 75.8 Å². The summed E-state index contributed by atoms with van der Waals surface area (Å²) < 4.78 is 95.7. The van der Waals surface area contributed by atoms with Gasteiger partial charge in [-0.15, -0.1) is 0 Å². The lowest BCUT2D eigenvalue weighted by Gasteiger charge is -2.51. The van der Waals surface area contributed by atoms with E-state index >= 15 is 0 Å². The topological polar surface area (TPSA) is 865 Å². The molecule has 8 heterocycles. The van der Waals surface area contributed by atoms with Crippen molar-refractivity contribution in [1.82, 2.24) is 31.9 Å². The van der Waals surface area contributed by atoms with E-state index in [1.165, 1.54) is 0 Å². The van der Waals surface area contributed by atoms with Gasteiger partial charge in [0, 0.05) is 48.0 Å². The number of carbonyl (C=O) groups is 7. The minimum absolute atomic E-state index is 0.825. The maximum atomic E-state index is 13.3. The molecule has 0 aromatic heterocycles. The number of rotatable bonds is 38. The summed E-state index contributed by atoms with van der Waals surface area (Å²) in [5, 5.41) is 304. The van der Waals surface area contributed by atoms with Gasteiger partial charge < -0.3 is 240 Å². The number of aliphatic hydroxyl groups excluding tert-OH is 25. The minimum atomic E-state index is -3.11. The number of aliphatic hydroxyl groups is 25. The van der Waals surface area contributed by atoms with Crippen LogP contribution in [0, 0.1) is 0 Å². The van der Waals surface area contributed by atoms with Crippen LogP contribution in [0.1, 0.15) is 48.0 Å². The van der Waals surface area contributed by atoms with Crippen molar-refractivity contribution in [2.24, 2.45) is 0 Å². The highest BCUT2D eigenvalue weighted by molar-refractivity contribution is 5.77. The second-order valence-electron chi connectivity index (χ2n) is 30.9. The van der Waals surface area contributed by atoms with Gasteiger partial charge in [0.05, 0.1) is 84.3 Å². The Kier molecular flexibility index (Phi) is 38.5. The van der Waals surface area contributed by atoms with Gasteiger partial charge in [0.25, 0.3) is 5.79 Å². The molecule has 0 aromatic carbocycles. The standard InChI is InChI=1S/C69H116N6O49/c1-18(84)70-24(8-76)40(93)54(27(92)10-78)118-63-38(74-22(5)88)50(103)56(32(15-83)114-63)120-65-53(106)58(46(99)33(117-65)16-109-66-59(51(104)43(96)29(12-80)112-66)122-61-36(72-20(3)86)47(100)42(95)28(11-79)111-61)121-67-60(52(105)44(97)30(13-81)113-67)123-64-39(75-23(6)89)49(102)55(31(14-82)115-64)119-62-37(73-21(4)87)48(101)45(98)34(116-62)17-110-69(68(107)108)7-25(90)35(71-19(2)85)57(124-69)41(94)26(91)9-77/h24-67,76-83,90-106H,7-17H2,1-6H3,(H,70,84)(H,71,85)(H,72,86)(H,73,87)(H,74,88)(H,75,89)(H,107,108)/t24-,25-,26+,27+,28+,29+,30+,31+,32+,33+,34+,35+,36+,37+,38+,39+,40+,41+,42+,43+,44+,45-,46+,47+,48+,49+,50+,51-,52-,53-,54+,55+,56+,57+,58-,59-,60-,61-,62-,63-,64-,65-,66-,67+,69+/m0/s1. The molecular weight excluding hydrogens is 1700 g/mol. The normalized spacial score (nSPS) is 43.0. The number of amides is 6. The first kappa shape index (κ1) is 104. The molecule has 8 aliphatic heterocycles. The molecule has 0 aliphatic carbocycles. The molecule has 6 amide bonds. The summed E-state index contributed by atoms with van der Waals surface area (Å²) in [4.78, 5) is 88.9. The SMILES string of the molecule is CC(=O)N[C@H]1[C@H](O[C@@H]([C@H](O)[C@H](CO)NC(C)=O)[C@H](O)CO)O[C@H](CO)[C@@H](O[C@@H]2O[C@H](CO[C@H]3O[C@H](CO)[C@@H](O)[C@H](O)[C@@H]3O[C@@H]3O[C@H](CO)[C@@H](O)[C@H](O)[C@H]3NC(C)=O)[C@@H](O)[C@H](O[C@H]3O[C@H](CO)[C@@H](O)[C@H](O)[C@@H]3O[C@@H]3O[C@H](CO)[C@@H](O[C@@H]4O[C@H](CO[C@]5(C(=O)O)C[C@H](O)[C@@H](NC(C)=O)[C@H]([C@H](O)[C@H](O)CO)O5)[C@H](O)[C@H](O)[C@H]4NC(C)=O)[C@H](O)[C@H]3NC(C)=O)[C@@H]2O)[C@@H]1O. The lowest BCUT2D eigenvalue weighted by molar-refractivity contribution is -0.397. The lowest BCUT2D eigenvalue weighted by Crippen LogP contribution is -2.71. The van der Waals surface area contributed by atoms with Gasteiger partial charge in [-0.2, -0.15) is 0 Å². The van der Waals surface area contributed by atoms with Gasteiger partial charge in [0.1, 0.15) is 207 Å². The molecule has 0 saturated carbocycles. The van der Waals surface area contributed by atoms with Crippen LogP contribution in [0.4, 0.5) is 0 Å². The lowest BCUT2D eigenvalue weighted by atomic mass is 9.88. The third-order valence-corrected chi connectivity index (χ3v) is 21.8. The van der Waals surface area contributed by atoms with E-state index in [-0.39, 0.29) is 0 Å². The first-order chi connectivity index (χ1) is 58.4. The van der Waals surface area contributed by atoms with Gasteiger partial charge in [0.15, 0.2) is 44.0 Å². The Labute approximate surface area is 702 Å². The molecule has 8 fully saturated rings. The number of carbonyl (C=O) groups excluding carboxylic acids is 6. The minimum Gasteiger partial charge on any atom is -0.477 e. The molecule has 0 aromatic rings. The summed E-state index contributed by atoms with van der Waals surface area (Å²) in [7, 11) is 0. The molecule has 8 aliphatic rings. The Morgan fingerprint density at radius 1 is 0.363 bits per heavy atom. The second-order valence-corrected chi connectivity index (χ2v) is 30.9. The first-order valence-electron chi connectivity index (χ1n) is 39.1. The number of aliphatic carboxylic acids is 1. The van der Waals surface area contributed by atoms with Crippen LogP contribution in [-0.4, -0.2) is 516 Å². The van der Waals surface area contributed by atoms with Crippen molar-refractivity contribution in [3.05, 3.63) is 0 Å². The molecule has 45 atom stereocenters. The number of ether oxygens (including phenoxy) is 16. The van der Waals surface area contributed by atoms with Crippen molar-refractivity contribution >= 4 is 41.4 Å². The summed E-state index contributed by atoms with van der Waals surface area (Å²) in [5.74, 6) is -10.7. The molecule has 8 rings (SSSR count). The van der Waals surface area contributed by atoms with E-state index < -0.39 is 389 Å². The van der Waals surface area contributed by atoms with Crippen LogP contribution in [0.15, 0.2) is 0 Å². The smallest absolute Gasteiger partial charge is 0.364 e. The third kappa shape index (κ3) is 24.2. The number of nitrogens with one attached hydrogen (secondary N) is 6. The summed E-state index contributed by atoms with van der Waals surface area (Å²) >= 11 is 0. The summed E-state index contributed by atoms with van der Waals surface area (Å²) in [6, 6.07) is -11.2. The van der Waals surface area contributed by atoms with Crippen molar-refractivity contribution in [2.75, 3.05) is 66.1 Å². The fraction of sp³-hybridized carbons (Fsp3) is 0.899. The molecule has 55 nitrogen and oxygen atoms in total. The summed E-state index contributed by atoms with van der Waals surface area (Å²) in [6.07, 6.45) is -84.5. The van der Waals surface area contributed by atoms with E-state index in [2.05, 4.69) is 31.9 Å². The largest absolute Gasteiger partial charge is 0.477 e. The van der Waals surface area contributed by atoms with Crippen LogP contribution < -0.4 is 31.9 Å². The molecule has 124 heavy (non-hydrogen) atoms. The van der Waals surface area contributed by atoms with Gasteiger partial charge in [-0.1, -0.05) is 0 Å².